The van der Waals surface area contributed by atoms with Gasteiger partial charge in [-0.3, -0.25) is 4.79 Å². The van der Waals surface area contributed by atoms with Crippen molar-refractivity contribution in [1.29, 1.82) is 0 Å². The van der Waals surface area contributed by atoms with Gasteiger partial charge in [0.1, 0.15) is 12.4 Å². The largest absolute Gasteiger partial charge is 0.492 e. The highest BCUT2D eigenvalue weighted by molar-refractivity contribution is 6.30. The van der Waals surface area contributed by atoms with Gasteiger partial charge in [-0.25, -0.2) is 0 Å². The van der Waals surface area contributed by atoms with Gasteiger partial charge in [-0.05, 0) is 30.3 Å². The first-order chi connectivity index (χ1) is 8.75. The fourth-order valence-corrected chi connectivity index (χ4v) is 2.32. The normalized spacial score (nSPS) is 17.1. The van der Waals surface area contributed by atoms with Crippen LogP contribution >= 0.6 is 11.6 Å². The maximum atomic E-state index is 12.4. The lowest BCUT2D eigenvalue weighted by molar-refractivity contribution is 0.0947. The summed E-state index contributed by atoms with van der Waals surface area (Å²) in [5.74, 6) is 0.684. The Morgan fingerprint density at radius 3 is 2.61 bits per heavy atom. The molecule has 1 aliphatic rings. The third-order valence-electron chi connectivity index (χ3n) is 3.15. The van der Waals surface area contributed by atoms with Crippen LogP contribution in [0, 0.1) is 0 Å². The third kappa shape index (κ3) is 1.89. The van der Waals surface area contributed by atoms with Crippen molar-refractivity contribution in [3.05, 3.63) is 64.7 Å². The van der Waals surface area contributed by atoms with Crippen LogP contribution in [-0.2, 0) is 0 Å². The van der Waals surface area contributed by atoms with E-state index < -0.39 is 0 Å². The van der Waals surface area contributed by atoms with Crippen LogP contribution in [0.15, 0.2) is 48.5 Å². The Morgan fingerprint density at radius 2 is 1.83 bits per heavy atom. The molecule has 2 aromatic carbocycles. The fourth-order valence-electron chi connectivity index (χ4n) is 2.20. The molecule has 2 nitrogen and oxygen atoms in total. The lowest BCUT2D eigenvalue weighted by Gasteiger charge is -2.07. The second kappa shape index (κ2) is 4.46. The zero-order valence-electron chi connectivity index (χ0n) is 9.60. The van der Waals surface area contributed by atoms with Gasteiger partial charge in [-0.15, -0.1) is 0 Å². The molecule has 0 amide bonds. The molecule has 0 radical (unpaired) electrons. The minimum Gasteiger partial charge on any atom is -0.492 e. The molecule has 0 fully saturated rings. The van der Waals surface area contributed by atoms with Crippen LogP contribution in [0.5, 0.6) is 5.75 Å². The van der Waals surface area contributed by atoms with Gasteiger partial charge in [-0.2, -0.15) is 0 Å². The summed E-state index contributed by atoms with van der Waals surface area (Å²) in [6, 6.07) is 14.7. The molecule has 0 N–H and O–H groups in total. The van der Waals surface area contributed by atoms with Gasteiger partial charge in [-0.1, -0.05) is 29.8 Å². The molecular formula is C15H11ClO2. The van der Waals surface area contributed by atoms with Crippen molar-refractivity contribution in [2.24, 2.45) is 0 Å². The third-order valence-corrected chi connectivity index (χ3v) is 3.40. The molecule has 18 heavy (non-hydrogen) atoms. The lowest BCUT2D eigenvalue weighted by atomic mass is 9.92. The zero-order valence-corrected chi connectivity index (χ0v) is 10.4. The van der Waals surface area contributed by atoms with Crippen LogP contribution in [0.1, 0.15) is 21.8 Å². The first-order valence-corrected chi connectivity index (χ1v) is 6.15. The molecule has 1 aliphatic heterocycles. The van der Waals surface area contributed by atoms with Crippen LogP contribution < -0.4 is 4.74 Å². The quantitative estimate of drug-likeness (QED) is 0.768. The number of fused-ring (bicyclic) bond motifs is 1. The molecule has 0 aromatic heterocycles. The molecule has 0 saturated heterocycles. The molecule has 3 rings (SSSR count). The van der Waals surface area contributed by atoms with Crippen LogP contribution in [0.2, 0.25) is 5.02 Å². The summed E-state index contributed by atoms with van der Waals surface area (Å²) >= 11 is 5.82. The number of ketones is 1. The standard InChI is InChI=1S/C15H11ClO2/c16-11-7-5-10(6-8-11)15(17)13-9-18-14-4-2-1-3-12(13)14/h1-8,13H,9H2. The van der Waals surface area contributed by atoms with E-state index in [1.54, 1.807) is 24.3 Å². The van der Waals surface area contributed by atoms with E-state index in [1.165, 1.54) is 0 Å². The van der Waals surface area contributed by atoms with Gasteiger partial charge in [0.15, 0.2) is 5.78 Å². The molecule has 1 heterocycles. The van der Waals surface area contributed by atoms with Crippen molar-refractivity contribution in [2.45, 2.75) is 5.92 Å². The predicted molar refractivity (Wildman–Crippen MR) is 70.5 cm³/mol. The molecule has 2 aromatic rings. The van der Waals surface area contributed by atoms with E-state index in [1.807, 2.05) is 24.3 Å². The van der Waals surface area contributed by atoms with E-state index in [-0.39, 0.29) is 11.7 Å². The van der Waals surface area contributed by atoms with Gasteiger partial charge in [0, 0.05) is 16.1 Å². The molecular weight excluding hydrogens is 248 g/mol. The van der Waals surface area contributed by atoms with E-state index in [9.17, 15) is 4.79 Å². The number of carbonyl (C=O) groups excluding carboxylic acids is 1. The van der Waals surface area contributed by atoms with Gasteiger partial charge in [0.2, 0.25) is 0 Å². The Kier molecular flexibility index (Phi) is 2.80. The number of benzene rings is 2. The van der Waals surface area contributed by atoms with Gasteiger partial charge in [0.05, 0.1) is 5.92 Å². The molecule has 0 bridgehead atoms. The highest BCUT2D eigenvalue weighted by Crippen LogP contribution is 2.35. The number of hydrogen-bond donors (Lipinski definition) is 0. The van der Waals surface area contributed by atoms with Crippen molar-refractivity contribution in [1.82, 2.24) is 0 Å². The molecule has 0 spiro atoms. The number of para-hydroxylation sites is 1. The topological polar surface area (TPSA) is 26.3 Å². The van der Waals surface area contributed by atoms with E-state index in [0.29, 0.717) is 17.2 Å². The number of rotatable bonds is 2. The highest BCUT2D eigenvalue weighted by Gasteiger charge is 2.30. The molecule has 1 unspecified atom stereocenters. The van der Waals surface area contributed by atoms with E-state index in [0.717, 1.165) is 11.3 Å². The maximum Gasteiger partial charge on any atom is 0.173 e. The summed E-state index contributed by atoms with van der Waals surface area (Å²) in [7, 11) is 0. The summed E-state index contributed by atoms with van der Waals surface area (Å²) in [5.41, 5.74) is 1.64. The van der Waals surface area contributed by atoms with Crippen molar-refractivity contribution in [2.75, 3.05) is 6.61 Å². The summed E-state index contributed by atoms with van der Waals surface area (Å²) in [6.07, 6.45) is 0. The van der Waals surface area contributed by atoms with Crippen molar-refractivity contribution in [3.63, 3.8) is 0 Å². The second-order valence-electron chi connectivity index (χ2n) is 4.27. The van der Waals surface area contributed by atoms with Crippen LogP contribution in [-0.4, -0.2) is 12.4 Å². The van der Waals surface area contributed by atoms with Gasteiger partial charge in [0.25, 0.3) is 0 Å². The Bertz CT molecular complexity index is 590. The Morgan fingerprint density at radius 1 is 1.11 bits per heavy atom. The SMILES string of the molecule is O=C(c1ccc(Cl)cc1)C1COc2ccccc21. The van der Waals surface area contributed by atoms with Gasteiger partial charge >= 0.3 is 0 Å². The monoisotopic (exact) mass is 258 g/mol. The van der Waals surface area contributed by atoms with Gasteiger partial charge < -0.3 is 4.74 Å². The predicted octanol–water partition coefficient (Wildman–Crippen LogP) is 3.70. The lowest BCUT2D eigenvalue weighted by Crippen LogP contribution is -2.14. The Hall–Kier alpha value is -1.80. The fraction of sp³-hybridized carbons (Fsp3) is 0.133. The molecule has 3 heteroatoms. The first-order valence-electron chi connectivity index (χ1n) is 5.77. The second-order valence-corrected chi connectivity index (χ2v) is 4.71. The number of ether oxygens (including phenoxy) is 1. The highest BCUT2D eigenvalue weighted by atomic mass is 35.5. The smallest absolute Gasteiger partial charge is 0.173 e. The van der Waals surface area contributed by atoms with E-state index in [4.69, 9.17) is 16.3 Å². The molecule has 0 saturated carbocycles. The van der Waals surface area contributed by atoms with Crippen LogP contribution in [0.4, 0.5) is 0 Å². The van der Waals surface area contributed by atoms with Crippen LogP contribution in [0.3, 0.4) is 0 Å². The number of carbonyl (C=O) groups is 1. The zero-order chi connectivity index (χ0) is 12.5. The van der Waals surface area contributed by atoms with E-state index in [2.05, 4.69) is 0 Å². The molecule has 90 valence electrons. The van der Waals surface area contributed by atoms with Crippen molar-refractivity contribution in [3.8, 4) is 5.75 Å². The summed E-state index contributed by atoms with van der Waals surface area (Å²) in [4.78, 5) is 12.4. The first kappa shape index (κ1) is 11.3. The minimum atomic E-state index is -0.206. The molecule has 0 aliphatic carbocycles. The molecule has 1 atom stereocenters. The maximum absolute atomic E-state index is 12.4. The number of halogens is 1. The Labute approximate surface area is 110 Å². The Balaban J connectivity index is 1.93. The average Bonchev–Trinajstić information content (AvgIpc) is 2.82. The number of Topliss-reactive ketones (excluding diaryl/α,β-unsaturated/α-hetero) is 1. The average molecular weight is 259 g/mol. The van der Waals surface area contributed by atoms with Crippen LogP contribution in [0.25, 0.3) is 0 Å². The minimum absolute atomic E-state index is 0.0802. The van der Waals surface area contributed by atoms with E-state index >= 15 is 0 Å². The summed E-state index contributed by atoms with van der Waals surface area (Å²) in [6.45, 7) is 0.417. The van der Waals surface area contributed by atoms with Crippen molar-refractivity contribution < 1.29 is 9.53 Å². The summed E-state index contributed by atoms with van der Waals surface area (Å²) < 4.78 is 5.53. The van der Waals surface area contributed by atoms with Crippen molar-refractivity contribution >= 4 is 17.4 Å². The number of hydrogen-bond acceptors (Lipinski definition) is 2. The summed E-state index contributed by atoms with van der Waals surface area (Å²) in [5, 5.41) is 0.634.